The van der Waals surface area contributed by atoms with Crippen molar-refractivity contribution in [2.24, 2.45) is 0 Å². The number of aromatic nitrogens is 2. The molecule has 106 valence electrons. The van der Waals surface area contributed by atoms with Crippen molar-refractivity contribution in [3.05, 3.63) is 47.7 Å². The van der Waals surface area contributed by atoms with Crippen molar-refractivity contribution in [3.8, 4) is 11.3 Å². The van der Waals surface area contributed by atoms with E-state index in [4.69, 9.17) is 0 Å². The predicted octanol–water partition coefficient (Wildman–Crippen LogP) is 4.76. The van der Waals surface area contributed by atoms with Crippen molar-refractivity contribution in [1.29, 1.82) is 0 Å². The summed E-state index contributed by atoms with van der Waals surface area (Å²) in [5, 5.41) is 3.67. The first kappa shape index (κ1) is 14.4. The fourth-order valence-corrected chi connectivity index (χ4v) is 1.84. The zero-order valence-corrected chi connectivity index (χ0v) is 11.5. The van der Waals surface area contributed by atoms with E-state index in [0.29, 0.717) is 17.0 Å². The highest BCUT2D eigenvalue weighted by atomic mass is 19.4. The Balaban J connectivity index is 2.61. The fourth-order valence-electron chi connectivity index (χ4n) is 1.84. The van der Waals surface area contributed by atoms with Crippen LogP contribution in [0.15, 0.2) is 36.4 Å². The van der Waals surface area contributed by atoms with Crippen molar-refractivity contribution < 1.29 is 13.2 Å². The summed E-state index contributed by atoms with van der Waals surface area (Å²) in [4.78, 5) is 0. The van der Waals surface area contributed by atoms with Crippen molar-refractivity contribution in [2.75, 3.05) is 0 Å². The second-order valence-corrected chi connectivity index (χ2v) is 4.62. The zero-order chi connectivity index (χ0) is 14.9. The molecular weight excluding hydrogens is 265 g/mol. The molecule has 0 N–H and O–H groups in total. The summed E-state index contributed by atoms with van der Waals surface area (Å²) in [7, 11) is 0. The Morgan fingerprint density at radius 3 is 2.30 bits per heavy atom. The third-order valence-corrected chi connectivity index (χ3v) is 3.10. The molecule has 1 heterocycles. The maximum Gasteiger partial charge on any atom is 0.435 e. The summed E-state index contributed by atoms with van der Waals surface area (Å²) in [6.45, 7) is 5.42. The number of nitrogens with zero attached hydrogens (tertiary/aromatic N) is 2. The van der Waals surface area contributed by atoms with Crippen LogP contribution in [0.2, 0.25) is 0 Å². The molecule has 0 radical (unpaired) electrons. The number of alkyl halides is 3. The molecule has 0 fully saturated rings. The Morgan fingerprint density at radius 1 is 1.20 bits per heavy atom. The highest BCUT2D eigenvalue weighted by molar-refractivity contribution is 5.65. The van der Waals surface area contributed by atoms with Gasteiger partial charge in [-0.3, -0.25) is 0 Å². The lowest BCUT2D eigenvalue weighted by Crippen LogP contribution is -2.07. The van der Waals surface area contributed by atoms with Gasteiger partial charge in [0.1, 0.15) is 0 Å². The number of aryl methyl sites for hydroxylation is 1. The lowest BCUT2D eigenvalue weighted by Gasteiger charge is -2.07. The highest BCUT2D eigenvalue weighted by Crippen LogP contribution is 2.33. The molecule has 0 spiro atoms. The first-order valence-corrected chi connectivity index (χ1v) is 6.20. The first-order chi connectivity index (χ1) is 9.32. The zero-order valence-electron chi connectivity index (χ0n) is 11.5. The Kier molecular flexibility index (Phi) is 3.70. The number of rotatable bonds is 2. The Morgan fingerprint density at radius 2 is 1.80 bits per heavy atom. The van der Waals surface area contributed by atoms with E-state index in [9.17, 15) is 13.2 Å². The van der Waals surface area contributed by atoms with Gasteiger partial charge >= 0.3 is 6.18 Å². The van der Waals surface area contributed by atoms with Crippen molar-refractivity contribution >= 4 is 5.70 Å². The minimum Gasteiger partial charge on any atom is -0.237 e. The molecule has 2 nitrogen and oxygen atoms in total. The first-order valence-electron chi connectivity index (χ1n) is 6.20. The van der Waals surface area contributed by atoms with Crippen LogP contribution in [0.3, 0.4) is 0 Å². The van der Waals surface area contributed by atoms with Crippen molar-refractivity contribution in [2.45, 2.75) is 26.9 Å². The van der Waals surface area contributed by atoms with Crippen molar-refractivity contribution in [1.82, 2.24) is 9.78 Å². The van der Waals surface area contributed by atoms with Crippen LogP contribution in [0.1, 0.15) is 25.1 Å². The average Bonchev–Trinajstić information content (AvgIpc) is 2.83. The second-order valence-electron chi connectivity index (χ2n) is 4.62. The molecule has 0 saturated heterocycles. The maximum absolute atomic E-state index is 12.8. The number of benzene rings is 1. The van der Waals surface area contributed by atoms with Crippen LogP contribution in [-0.4, -0.2) is 9.78 Å². The Bertz CT molecular complexity index is 634. The largest absolute Gasteiger partial charge is 0.435 e. The number of allylic oxidation sites excluding steroid dienone is 2. The minimum absolute atomic E-state index is 0.438. The molecule has 0 unspecified atom stereocenters. The Labute approximate surface area is 115 Å². The van der Waals surface area contributed by atoms with Gasteiger partial charge in [0.15, 0.2) is 5.69 Å². The lowest BCUT2D eigenvalue weighted by molar-refractivity contribution is -0.141. The molecular formula is C15H15F3N2. The number of hydrogen-bond donors (Lipinski definition) is 0. The van der Waals surface area contributed by atoms with Crippen LogP contribution in [0.5, 0.6) is 0 Å². The molecule has 0 bridgehead atoms. The van der Waals surface area contributed by atoms with Crippen LogP contribution in [0.4, 0.5) is 13.2 Å². The summed E-state index contributed by atoms with van der Waals surface area (Å²) in [6.07, 6.45) is -2.72. The molecule has 2 aromatic rings. The molecule has 0 aliphatic heterocycles. The van der Waals surface area contributed by atoms with Crippen LogP contribution in [0, 0.1) is 6.92 Å². The molecule has 1 aromatic heterocycles. The van der Waals surface area contributed by atoms with Gasteiger partial charge in [-0.25, -0.2) is 4.68 Å². The monoisotopic (exact) mass is 280 g/mol. The summed E-state index contributed by atoms with van der Waals surface area (Å²) in [5.41, 5.74) is 1.97. The van der Waals surface area contributed by atoms with E-state index in [1.54, 1.807) is 32.1 Å². The van der Waals surface area contributed by atoms with E-state index in [-0.39, 0.29) is 0 Å². The van der Waals surface area contributed by atoms with Gasteiger partial charge in [0, 0.05) is 11.3 Å². The van der Waals surface area contributed by atoms with Gasteiger partial charge in [0.25, 0.3) is 0 Å². The van der Waals surface area contributed by atoms with Crippen LogP contribution in [0.25, 0.3) is 17.0 Å². The van der Waals surface area contributed by atoms with E-state index < -0.39 is 11.9 Å². The summed E-state index contributed by atoms with van der Waals surface area (Å²) in [6, 6.07) is 8.41. The third-order valence-electron chi connectivity index (χ3n) is 3.10. The molecule has 0 atom stereocenters. The van der Waals surface area contributed by atoms with Crippen LogP contribution in [-0.2, 0) is 6.18 Å². The predicted molar refractivity (Wildman–Crippen MR) is 73.0 cm³/mol. The van der Waals surface area contributed by atoms with Crippen LogP contribution < -0.4 is 0 Å². The summed E-state index contributed by atoms with van der Waals surface area (Å²) >= 11 is 0. The molecule has 2 rings (SSSR count). The second kappa shape index (κ2) is 5.15. The normalized spacial score (nSPS) is 12.8. The van der Waals surface area contributed by atoms with E-state index in [2.05, 4.69) is 5.10 Å². The van der Waals surface area contributed by atoms with Gasteiger partial charge in [0.05, 0.1) is 5.69 Å². The topological polar surface area (TPSA) is 17.8 Å². The maximum atomic E-state index is 12.8. The van der Waals surface area contributed by atoms with E-state index in [1.807, 2.05) is 19.1 Å². The highest BCUT2D eigenvalue weighted by Gasteiger charge is 2.35. The molecule has 0 aliphatic carbocycles. The SMILES string of the molecule is C/C=C(\C)n1nc(C(F)(F)F)cc1-c1ccc(C)cc1. The number of halogens is 3. The molecule has 0 saturated carbocycles. The smallest absolute Gasteiger partial charge is 0.237 e. The van der Waals surface area contributed by atoms with Crippen molar-refractivity contribution in [3.63, 3.8) is 0 Å². The van der Waals surface area contributed by atoms with Gasteiger partial charge < -0.3 is 0 Å². The molecule has 0 amide bonds. The van der Waals surface area contributed by atoms with Crippen LogP contribution >= 0.6 is 0 Å². The fraction of sp³-hybridized carbons (Fsp3) is 0.267. The van der Waals surface area contributed by atoms with Gasteiger partial charge in [-0.15, -0.1) is 0 Å². The quantitative estimate of drug-likeness (QED) is 0.775. The van der Waals surface area contributed by atoms with Gasteiger partial charge in [-0.2, -0.15) is 18.3 Å². The molecule has 5 heteroatoms. The molecule has 0 aliphatic rings. The van der Waals surface area contributed by atoms with E-state index >= 15 is 0 Å². The lowest BCUT2D eigenvalue weighted by atomic mass is 10.1. The molecule has 20 heavy (non-hydrogen) atoms. The summed E-state index contributed by atoms with van der Waals surface area (Å²) < 4.78 is 39.8. The average molecular weight is 280 g/mol. The number of hydrogen-bond acceptors (Lipinski definition) is 1. The minimum atomic E-state index is -4.45. The van der Waals surface area contributed by atoms with E-state index in [0.717, 1.165) is 11.6 Å². The Hall–Kier alpha value is -2.04. The van der Waals surface area contributed by atoms with Gasteiger partial charge in [0.2, 0.25) is 0 Å². The van der Waals surface area contributed by atoms with E-state index in [1.165, 1.54) is 4.68 Å². The summed E-state index contributed by atoms with van der Waals surface area (Å²) in [5.74, 6) is 0. The standard InChI is InChI=1S/C15H15F3N2/c1-4-11(3)20-13(9-14(19-20)15(16,17)18)12-7-5-10(2)6-8-12/h4-9H,1-3H3/b11-4+. The third kappa shape index (κ3) is 2.76. The van der Waals surface area contributed by atoms with Gasteiger partial charge in [-0.1, -0.05) is 35.9 Å². The molecule has 1 aromatic carbocycles. The van der Waals surface area contributed by atoms with Gasteiger partial charge in [-0.05, 0) is 26.8 Å².